The van der Waals surface area contributed by atoms with Crippen LogP contribution in [0.5, 0.6) is 0 Å². The molecule has 2 aliphatic heterocycles. The number of pyridine rings is 2. The normalized spacial score (nSPS) is 12.2. The molecule has 0 aliphatic carbocycles. The Hall–Kier alpha value is -12.4. The molecule has 450 valence electrons. The second kappa shape index (κ2) is 23.9. The average Bonchev–Trinajstić information content (AvgIpc) is 0.849. The van der Waals surface area contributed by atoms with Crippen LogP contribution in [0.2, 0.25) is 0 Å². The van der Waals surface area contributed by atoms with Gasteiger partial charge in [0.25, 0.3) is 6.71 Å². The van der Waals surface area contributed by atoms with Crippen molar-refractivity contribution < 1.29 is 0 Å². The first-order valence-electron chi connectivity index (χ1n) is 33.1. The number of fused-ring (bicyclic) bond motifs is 7. The molecule has 0 fully saturated rings. The van der Waals surface area contributed by atoms with E-state index in [-0.39, 0.29) is 6.71 Å². The maximum Gasteiger partial charge on any atom is 0.252 e. The van der Waals surface area contributed by atoms with Crippen molar-refractivity contribution in [3.05, 3.63) is 363 Å². The standard InChI is InChI=1S/C90H62BN5/c1-7-25-61(26-8-1)69-49-71(57-92-55-69)67-45-47-86-82(51-67)91-83-52-68(72-50-70(56-93-58-72)62-27-9-2-10-28-62)46-48-87(83)95(60-81-76(65-33-15-5-16-34-65)41-24-42-77(81)66-35-17-6-18-36-66)89-54-73(96-84-43-21-19-37-78(84)79-38-20-22-44-85(79)96)53-88(90(89)91)94(86)59-80-74(63-29-11-3-12-30-63)39-23-40-75(80)64-31-13-4-14-32-64/h1-58H,59-60H2. The van der Waals surface area contributed by atoms with Crippen molar-refractivity contribution >= 4 is 67.7 Å². The number of hydrogen-bond acceptors (Lipinski definition) is 4. The summed E-state index contributed by atoms with van der Waals surface area (Å²) >= 11 is 0. The highest BCUT2D eigenvalue weighted by molar-refractivity contribution is 7.00. The Morgan fingerprint density at radius 3 is 0.938 bits per heavy atom. The zero-order valence-corrected chi connectivity index (χ0v) is 52.7. The van der Waals surface area contributed by atoms with Crippen LogP contribution in [0.3, 0.4) is 0 Å². The van der Waals surface area contributed by atoms with E-state index in [4.69, 9.17) is 9.97 Å². The Kier molecular flexibility index (Phi) is 14.1. The van der Waals surface area contributed by atoms with Crippen molar-refractivity contribution in [2.75, 3.05) is 9.80 Å². The first-order chi connectivity index (χ1) is 47.6. The Balaban J connectivity index is 0.960. The molecule has 16 aromatic rings. The fourth-order valence-corrected chi connectivity index (χ4v) is 15.3. The van der Waals surface area contributed by atoms with E-state index in [2.05, 4.69) is 342 Å². The minimum atomic E-state index is -0.244. The van der Waals surface area contributed by atoms with Gasteiger partial charge in [-0.15, -0.1) is 0 Å². The third kappa shape index (κ3) is 9.89. The summed E-state index contributed by atoms with van der Waals surface area (Å²) in [4.78, 5) is 15.3. The second-order valence-corrected chi connectivity index (χ2v) is 25.2. The van der Waals surface area contributed by atoms with Gasteiger partial charge in [-0.2, -0.15) is 0 Å². The molecular formula is C90H62BN5. The van der Waals surface area contributed by atoms with E-state index in [0.717, 1.165) is 84.0 Å². The van der Waals surface area contributed by atoms with Crippen LogP contribution in [0.15, 0.2) is 352 Å². The first kappa shape index (κ1) is 56.4. The Bertz CT molecular complexity index is 5140. The van der Waals surface area contributed by atoms with Gasteiger partial charge >= 0.3 is 0 Å². The molecular weight excluding hydrogens is 1160 g/mol. The average molecular weight is 1220 g/mol. The fourth-order valence-electron chi connectivity index (χ4n) is 15.3. The molecule has 0 radical (unpaired) electrons. The lowest BCUT2D eigenvalue weighted by molar-refractivity contribution is 0.961. The summed E-state index contributed by atoms with van der Waals surface area (Å²) in [5, 5.41) is 2.43. The van der Waals surface area contributed by atoms with Gasteiger partial charge in [-0.1, -0.05) is 279 Å². The summed E-state index contributed by atoms with van der Waals surface area (Å²) in [6.45, 7) is 0.871. The van der Waals surface area contributed by atoms with Crippen LogP contribution in [0.4, 0.5) is 22.7 Å². The number of anilines is 4. The summed E-state index contributed by atoms with van der Waals surface area (Å²) in [7, 11) is 0. The van der Waals surface area contributed by atoms with Gasteiger partial charge in [-0.05, 0) is 143 Å². The van der Waals surface area contributed by atoms with Crippen LogP contribution in [0.1, 0.15) is 11.1 Å². The molecule has 0 unspecified atom stereocenters. The van der Waals surface area contributed by atoms with E-state index >= 15 is 0 Å². The summed E-state index contributed by atoms with van der Waals surface area (Å²) in [5.74, 6) is 0. The van der Waals surface area contributed by atoms with Crippen LogP contribution in [-0.4, -0.2) is 21.2 Å². The van der Waals surface area contributed by atoms with Crippen molar-refractivity contribution in [1.82, 2.24) is 14.5 Å². The topological polar surface area (TPSA) is 37.2 Å². The van der Waals surface area contributed by atoms with Gasteiger partial charge in [0.2, 0.25) is 0 Å². The lowest BCUT2D eigenvalue weighted by Gasteiger charge is -2.45. The van der Waals surface area contributed by atoms with E-state index in [0.29, 0.717) is 13.1 Å². The Morgan fingerprint density at radius 2 is 0.573 bits per heavy atom. The molecule has 0 N–H and O–H groups in total. The molecule has 0 amide bonds. The minimum absolute atomic E-state index is 0.244. The fraction of sp³-hybridized carbons (Fsp3) is 0.0222. The quantitative estimate of drug-likeness (QED) is 0.108. The molecule has 2 aliphatic rings. The largest absolute Gasteiger partial charge is 0.338 e. The molecule has 6 heteroatoms. The highest BCUT2D eigenvalue weighted by atomic mass is 15.2. The highest BCUT2D eigenvalue weighted by Gasteiger charge is 2.44. The third-order valence-electron chi connectivity index (χ3n) is 19.8. The third-order valence-corrected chi connectivity index (χ3v) is 19.8. The number of hydrogen-bond donors (Lipinski definition) is 0. The minimum Gasteiger partial charge on any atom is -0.338 e. The Morgan fingerprint density at radius 1 is 0.250 bits per heavy atom. The van der Waals surface area contributed by atoms with Crippen molar-refractivity contribution in [2.24, 2.45) is 0 Å². The van der Waals surface area contributed by atoms with Crippen LogP contribution in [0, 0.1) is 0 Å². The predicted octanol–water partition coefficient (Wildman–Crippen LogP) is 20.7. The lowest BCUT2D eigenvalue weighted by atomic mass is 9.33. The molecule has 0 saturated heterocycles. The van der Waals surface area contributed by atoms with Crippen molar-refractivity contribution in [1.29, 1.82) is 0 Å². The molecule has 3 aromatic heterocycles. The number of rotatable bonds is 13. The number of para-hydroxylation sites is 2. The molecule has 96 heavy (non-hydrogen) atoms. The predicted molar refractivity (Wildman–Crippen MR) is 402 cm³/mol. The summed E-state index contributed by atoms with van der Waals surface area (Å²) in [5.41, 5.74) is 32.4. The smallest absolute Gasteiger partial charge is 0.252 e. The maximum atomic E-state index is 4.97. The first-order valence-corrected chi connectivity index (χ1v) is 33.1. The van der Waals surface area contributed by atoms with Crippen molar-refractivity contribution in [2.45, 2.75) is 13.1 Å². The van der Waals surface area contributed by atoms with Crippen LogP contribution < -0.4 is 26.2 Å². The van der Waals surface area contributed by atoms with Gasteiger partial charge in [0.1, 0.15) is 0 Å². The summed E-state index contributed by atoms with van der Waals surface area (Å²) < 4.78 is 2.52. The summed E-state index contributed by atoms with van der Waals surface area (Å²) in [6.07, 6.45) is 8.03. The van der Waals surface area contributed by atoms with Crippen LogP contribution in [-0.2, 0) is 13.1 Å². The molecule has 5 heterocycles. The highest BCUT2D eigenvalue weighted by Crippen LogP contribution is 2.47. The van der Waals surface area contributed by atoms with E-state index in [1.807, 2.05) is 24.8 Å². The van der Waals surface area contributed by atoms with E-state index < -0.39 is 0 Å². The monoisotopic (exact) mass is 1220 g/mol. The lowest BCUT2D eigenvalue weighted by Crippen LogP contribution is -2.62. The number of benzene rings is 13. The van der Waals surface area contributed by atoms with Crippen molar-refractivity contribution in [3.8, 4) is 94.7 Å². The van der Waals surface area contributed by atoms with Gasteiger partial charge in [-0.3, -0.25) is 9.97 Å². The molecule has 0 bridgehead atoms. The zero-order valence-electron chi connectivity index (χ0n) is 52.7. The SMILES string of the molecule is c1ccc(-c2cncc(-c3ccc4c(c3)B3c5cc(-c6cncc(-c7ccccc7)c6)ccc5N(Cc5c(-c6ccccc6)cccc5-c5ccccc5)c5cc(-n6c7ccccc7c7ccccc76)cc(c53)N4Cc3c(-c4ccccc4)cccc3-c3ccccc3)c2)cc1. The number of aromatic nitrogens is 3. The van der Waals surface area contributed by atoms with Gasteiger partial charge in [0.15, 0.2) is 0 Å². The molecule has 0 saturated carbocycles. The second-order valence-electron chi connectivity index (χ2n) is 25.2. The van der Waals surface area contributed by atoms with Gasteiger partial charge < -0.3 is 14.4 Å². The molecule has 0 atom stereocenters. The molecule has 0 spiro atoms. The maximum absolute atomic E-state index is 4.97. The molecule has 5 nitrogen and oxygen atoms in total. The zero-order chi connectivity index (χ0) is 63.5. The van der Waals surface area contributed by atoms with E-state index in [1.54, 1.807) is 0 Å². The van der Waals surface area contributed by atoms with Crippen LogP contribution in [0.25, 0.3) is 117 Å². The molecule has 18 rings (SSSR count). The van der Waals surface area contributed by atoms with Gasteiger partial charge in [0, 0.05) is 93.7 Å². The van der Waals surface area contributed by atoms with Gasteiger partial charge in [0.05, 0.1) is 16.7 Å². The van der Waals surface area contributed by atoms with Crippen LogP contribution >= 0.6 is 0 Å². The number of nitrogens with zero attached hydrogens (tertiary/aromatic N) is 5. The van der Waals surface area contributed by atoms with Gasteiger partial charge in [-0.25, -0.2) is 0 Å². The van der Waals surface area contributed by atoms with E-state index in [9.17, 15) is 0 Å². The molecule has 13 aromatic carbocycles. The van der Waals surface area contributed by atoms with Crippen molar-refractivity contribution in [3.63, 3.8) is 0 Å². The summed E-state index contributed by atoms with van der Waals surface area (Å²) in [6, 6.07) is 121. The Labute approximate surface area is 559 Å². The van der Waals surface area contributed by atoms with E-state index in [1.165, 1.54) is 82.8 Å².